The summed E-state index contributed by atoms with van der Waals surface area (Å²) < 4.78 is 8.89. The zero-order chi connectivity index (χ0) is 31.5. The number of nitrogens with zero attached hydrogens (tertiary/aromatic N) is 6. The van der Waals surface area contributed by atoms with Crippen LogP contribution in [0.3, 0.4) is 0 Å². The SMILES string of the molecule is COc1ccc(-n2nc(C(=O)N3CCCNC(=O)c4nn(C)c5c4CC(CC5)N(C)C(=O)CCC3)cc2-c2ccccc2)cc1. The molecule has 0 fully saturated rings. The van der Waals surface area contributed by atoms with Gasteiger partial charge in [-0.25, -0.2) is 4.68 Å². The van der Waals surface area contributed by atoms with Crippen molar-refractivity contribution in [3.05, 3.63) is 83.3 Å². The Hall–Kier alpha value is -4.93. The first-order valence-electron chi connectivity index (χ1n) is 15.5. The van der Waals surface area contributed by atoms with Gasteiger partial charge in [-0.1, -0.05) is 30.3 Å². The van der Waals surface area contributed by atoms with Gasteiger partial charge in [0, 0.05) is 63.0 Å². The van der Waals surface area contributed by atoms with Crippen molar-refractivity contribution in [1.82, 2.24) is 34.7 Å². The molecular formula is C34H39N7O4. The fourth-order valence-electron chi connectivity index (χ4n) is 6.34. The van der Waals surface area contributed by atoms with E-state index in [-0.39, 0.29) is 23.8 Å². The minimum atomic E-state index is -0.222. The van der Waals surface area contributed by atoms with Crippen LogP contribution in [0.2, 0.25) is 0 Å². The van der Waals surface area contributed by atoms with Crippen LogP contribution < -0.4 is 10.1 Å². The van der Waals surface area contributed by atoms with Gasteiger partial charge in [0.15, 0.2) is 11.4 Å². The fourth-order valence-corrected chi connectivity index (χ4v) is 6.34. The number of aryl methyl sites for hydroxylation is 1. The Balaban J connectivity index is 1.27. The molecule has 45 heavy (non-hydrogen) atoms. The fraction of sp³-hybridized carbons (Fsp3) is 0.382. The predicted molar refractivity (Wildman–Crippen MR) is 169 cm³/mol. The summed E-state index contributed by atoms with van der Waals surface area (Å²) in [5.41, 5.74) is 5.24. The summed E-state index contributed by atoms with van der Waals surface area (Å²) in [5.74, 6) is 0.323. The summed E-state index contributed by atoms with van der Waals surface area (Å²) in [5, 5.41) is 12.3. The molecule has 3 heterocycles. The van der Waals surface area contributed by atoms with Gasteiger partial charge in [-0.05, 0) is 62.4 Å². The Morgan fingerprint density at radius 1 is 0.956 bits per heavy atom. The summed E-state index contributed by atoms with van der Waals surface area (Å²) in [6, 6.07) is 19.2. The van der Waals surface area contributed by atoms with E-state index in [4.69, 9.17) is 9.84 Å². The number of aromatic nitrogens is 4. The van der Waals surface area contributed by atoms with Gasteiger partial charge in [0.2, 0.25) is 5.91 Å². The Morgan fingerprint density at radius 2 is 1.71 bits per heavy atom. The van der Waals surface area contributed by atoms with Crippen LogP contribution >= 0.6 is 0 Å². The maximum atomic E-state index is 14.0. The molecule has 2 aromatic heterocycles. The molecule has 6 rings (SSSR count). The smallest absolute Gasteiger partial charge is 0.274 e. The lowest BCUT2D eigenvalue weighted by Crippen LogP contribution is -2.41. The summed E-state index contributed by atoms with van der Waals surface area (Å²) in [6.45, 7) is 1.20. The molecule has 2 aliphatic rings. The molecule has 0 saturated heterocycles. The van der Waals surface area contributed by atoms with Crippen molar-refractivity contribution in [3.8, 4) is 22.7 Å². The summed E-state index contributed by atoms with van der Waals surface area (Å²) in [6.07, 6.45) is 3.61. The highest BCUT2D eigenvalue weighted by Gasteiger charge is 2.32. The lowest BCUT2D eigenvalue weighted by atomic mass is 9.90. The second kappa shape index (κ2) is 13.0. The van der Waals surface area contributed by atoms with Crippen molar-refractivity contribution in [2.75, 3.05) is 33.8 Å². The molecule has 0 saturated carbocycles. The second-order valence-corrected chi connectivity index (χ2v) is 11.7. The Morgan fingerprint density at radius 3 is 2.47 bits per heavy atom. The molecule has 2 bridgehead atoms. The Labute approximate surface area is 262 Å². The number of ether oxygens (including phenoxy) is 1. The minimum absolute atomic E-state index is 0.00180. The normalized spacial score (nSPS) is 17.8. The molecule has 3 amide bonds. The van der Waals surface area contributed by atoms with Gasteiger partial charge < -0.3 is 19.9 Å². The summed E-state index contributed by atoms with van der Waals surface area (Å²) in [7, 11) is 5.33. The van der Waals surface area contributed by atoms with Crippen LogP contribution in [0, 0.1) is 0 Å². The molecule has 1 atom stereocenters. The monoisotopic (exact) mass is 609 g/mol. The third-order valence-corrected chi connectivity index (χ3v) is 8.90. The Bertz CT molecular complexity index is 1690. The van der Waals surface area contributed by atoms with Crippen molar-refractivity contribution in [2.24, 2.45) is 7.05 Å². The van der Waals surface area contributed by atoms with E-state index < -0.39 is 0 Å². The number of carbonyl (C=O) groups excluding carboxylic acids is 3. The summed E-state index contributed by atoms with van der Waals surface area (Å²) in [4.78, 5) is 44.1. The lowest BCUT2D eigenvalue weighted by molar-refractivity contribution is -0.132. The van der Waals surface area contributed by atoms with Crippen LogP contribution in [0.15, 0.2) is 60.7 Å². The molecule has 4 aromatic rings. The average molecular weight is 610 g/mol. The Kier molecular flexibility index (Phi) is 8.68. The second-order valence-electron chi connectivity index (χ2n) is 11.7. The first-order valence-corrected chi connectivity index (χ1v) is 15.5. The van der Waals surface area contributed by atoms with E-state index in [9.17, 15) is 14.4 Å². The van der Waals surface area contributed by atoms with Crippen LogP contribution in [0.1, 0.15) is 57.9 Å². The largest absolute Gasteiger partial charge is 0.497 e. The van der Waals surface area contributed by atoms with Gasteiger partial charge >= 0.3 is 0 Å². The number of likely N-dealkylation sites (N-methyl/N-ethyl adjacent to an activating group) is 1. The predicted octanol–water partition coefficient (Wildman–Crippen LogP) is 3.65. The van der Waals surface area contributed by atoms with Crippen LogP contribution in [0.25, 0.3) is 16.9 Å². The van der Waals surface area contributed by atoms with Crippen LogP contribution in [-0.4, -0.2) is 86.9 Å². The highest BCUT2D eigenvalue weighted by molar-refractivity contribution is 5.94. The number of nitrogens with one attached hydrogen (secondary N) is 1. The third-order valence-electron chi connectivity index (χ3n) is 8.90. The van der Waals surface area contributed by atoms with E-state index >= 15 is 0 Å². The topological polar surface area (TPSA) is 115 Å². The van der Waals surface area contributed by atoms with E-state index in [1.54, 1.807) is 21.4 Å². The molecule has 0 radical (unpaired) electrons. The zero-order valence-electron chi connectivity index (χ0n) is 26.0. The molecular weight excluding hydrogens is 570 g/mol. The van der Waals surface area contributed by atoms with E-state index in [0.29, 0.717) is 56.7 Å². The van der Waals surface area contributed by atoms with Crippen molar-refractivity contribution >= 4 is 17.7 Å². The van der Waals surface area contributed by atoms with Crippen molar-refractivity contribution < 1.29 is 19.1 Å². The van der Waals surface area contributed by atoms with E-state index in [2.05, 4.69) is 10.4 Å². The first kappa shape index (κ1) is 30.1. The third kappa shape index (κ3) is 6.20. The molecule has 1 unspecified atom stereocenters. The number of carbonyl (C=O) groups is 3. The van der Waals surface area contributed by atoms with Gasteiger partial charge in [-0.15, -0.1) is 0 Å². The maximum Gasteiger partial charge on any atom is 0.274 e. The van der Waals surface area contributed by atoms with Gasteiger partial charge in [0.1, 0.15) is 5.75 Å². The van der Waals surface area contributed by atoms with E-state index in [1.165, 1.54) is 0 Å². The number of hydrogen-bond acceptors (Lipinski definition) is 6. The van der Waals surface area contributed by atoms with E-state index in [1.807, 2.05) is 79.7 Å². The highest BCUT2D eigenvalue weighted by atomic mass is 16.5. The summed E-state index contributed by atoms with van der Waals surface area (Å²) >= 11 is 0. The molecule has 11 nitrogen and oxygen atoms in total. The maximum absolute atomic E-state index is 14.0. The number of hydrogen-bond donors (Lipinski definition) is 1. The van der Waals surface area contributed by atoms with Gasteiger partial charge in [-0.2, -0.15) is 10.2 Å². The van der Waals surface area contributed by atoms with E-state index in [0.717, 1.165) is 46.8 Å². The van der Waals surface area contributed by atoms with Crippen LogP contribution in [0.5, 0.6) is 5.75 Å². The van der Waals surface area contributed by atoms with Gasteiger partial charge in [0.25, 0.3) is 11.8 Å². The number of fused-ring (bicyclic) bond motifs is 1. The molecule has 1 N–H and O–H groups in total. The molecule has 1 aliphatic heterocycles. The quantitative estimate of drug-likeness (QED) is 0.378. The number of amides is 3. The van der Waals surface area contributed by atoms with Gasteiger partial charge in [-0.3, -0.25) is 19.1 Å². The lowest BCUT2D eigenvalue weighted by Gasteiger charge is -2.32. The average Bonchev–Trinajstić information content (AvgIpc) is 3.66. The minimum Gasteiger partial charge on any atom is -0.497 e. The zero-order valence-corrected chi connectivity index (χ0v) is 26.0. The molecule has 11 heteroatoms. The first-order chi connectivity index (χ1) is 21.8. The van der Waals surface area contributed by atoms with Gasteiger partial charge in [0.05, 0.1) is 18.5 Å². The number of methoxy groups -OCH3 is 1. The molecule has 2 aromatic carbocycles. The molecule has 234 valence electrons. The molecule has 0 spiro atoms. The van der Waals surface area contributed by atoms with Crippen LogP contribution in [0.4, 0.5) is 0 Å². The van der Waals surface area contributed by atoms with Crippen molar-refractivity contribution in [1.29, 1.82) is 0 Å². The standard InChI is InChI=1S/C34H39N7O4/c1-38-25-14-17-29-27(21-25)32(37-39(29)2)33(43)35-18-8-20-40(19-7-11-31(38)42)34(44)28-22-30(23-9-5-4-6-10-23)41(36-28)24-12-15-26(45-3)16-13-24/h4-6,9-10,12-13,15-16,22,25H,7-8,11,14,17-21H2,1-3H3,(H,35,43). The number of rotatable bonds is 4. The number of benzene rings is 2. The van der Waals surface area contributed by atoms with Crippen LogP contribution in [-0.2, 0) is 24.7 Å². The highest BCUT2D eigenvalue weighted by Crippen LogP contribution is 2.28. The van der Waals surface area contributed by atoms with Crippen molar-refractivity contribution in [2.45, 2.75) is 44.6 Å². The van der Waals surface area contributed by atoms with Crippen molar-refractivity contribution in [3.63, 3.8) is 0 Å². The molecule has 1 aliphatic carbocycles.